The van der Waals surface area contributed by atoms with Crippen molar-refractivity contribution in [1.29, 1.82) is 0 Å². The SMILES string of the molecule is C=CCCC(C)(/C=C\C)CCON. The van der Waals surface area contributed by atoms with E-state index in [-0.39, 0.29) is 5.41 Å². The zero-order chi connectivity index (χ0) is 10.2. The van der Waals surface area contributed by atoms with Crippen molar-refractivity contribution in [3.8, 4) is 0 Å². The highest BCUT2D eigenvalue weighted by Crippen LogP contribution is 2.29. The normalized spacial score (nSPS) is 15.9. The number of hydrogen-bond donors (Lipinski definition) is 1. The summed E-state index contributed by atoms with van der Waals surface area (Å²) >= 11 is 0. The molecule has 0 aliphatic heterocycles. The number of rotatable bonds is 7. The molecule has 1 atom stereocenters. The molecule has 0 rings (SSSR count). The average Bonchev–Trinajstić information content (AvgIpc) is 2.12. The van der Waals surface area contributed by atoms with E-state index in [1.807, 2.05) is 13.0 Å². The summed E-state index contributed by atoms with van der Waals surface area (Å²) in [5.74, 6) is 5.02. The summed E-state index contributed by atoms with van der Waals surface area (Å²) in [7, 11) is 0. The Hall–Kier alpha value is -0.600. The quantitative estimate of drug-likeness (QED) is 0.486. The van der Waals surface area contributed by atoms with Gasteiger partial charge in [0.05, 0.1) is 6.61 Å². The molecular formula is C11H21NO. The van der Waals surface area contributed by atoms with Crippen molar-refractivity contribution >= 4 is 0 Å². The molecule has 0 spiro atoms. The molecule has 2 heteroatoms. The Balaban J connectivity index is 4.06. The zero-order valence-electron chi connectivity index (χ0n) is 8.75. The van der Waals surface area contributed by atoms with Crippen LogP contribution in [0, 0.1) is 5.41 Å². The first-order chi connectivity index (χ1) is 6.18. The molecule has 76 valence electrons. The fourth-order valence-electron chi connectivity index (χ4n) is 1.42. The lowest BCUT2D eigenvalue weighted by Gasteiger charge is -2.24. The Kier molecular flexibility index (Phi) is 6.55. The molecule has 0 aromatic heterocycles. The molecule has 0 aliphatic rings. The first kappa shape index (κ1) is 12.4. The Labute approximate surface area is 81.4 Å². The molecule has 2 N–H and O–H groups in total. The minimum absolute atomic E-state index is 0.197. The summed E-state index contributed by atoms with van der Waals surface area (Å²) in [5, 5.41) is 0. The van der Waals surface area contributed by atoms with Gasteiger partial charge in [0, 0.05) is 0 Å². The van der Waals surface area contributed by atoms with Crippen molar-refractivity contribution in [3.05, 3.63) is 24.8 Å². The summed E-state index contributed by atoms with van der Waals surface area (Å²) in [6.07, 6.45) is 9.34. The van der Waals surface area contributed by atoms with Gasteiger partial charge in [0.15, 0.2) is 0 Å². The maximum Gasteiger partial charge on any atom is 0.0687 e. The minimum Gasteiger partial charge on any atom is -0.305 e. The fraction of sp³-hybridized carbons (Fsp3) is 0.636. The van der Waals surface area contributed by atoms with Crippen LogP contribution >= 0.6 is 0 Å². The predicted molar refractivity (Wildman–Crippen MR) is 57.1 cm³/mol. The first-order valence-corrected chi connectivity index (χ1v) is 4.75. The molecule has 2 nitrogen and oxygen atoms in total. The average molecular weight is 183 g/mol. The third kappa shape index (κ3) is 5.61. The Morgan fingerprint density at radius 3 is 2.62 bits per heavy atom. The molecule has 0 saturated heterocycles. The van der Waals surface area contributed by atoms with Crippen LogP contribution in [0.25, 0.3) is 0 Å². The van der Waals surface area contributed by atoms with Crippen LogP contribution in [0.15, 0.2) is 24.8 Å². The molecule has 0 aromatic carbocycles. The molecule has 0 amide bonds. The zero-order valence-corrected chi connectivity index (χ0v) is 8.75. The maximum atomic E-state index is 5.02. The summed E-state index contributed by atoms with van der Waals surface area (Å²) in [5.41, 5.74) is 0.197. The van der Waals surface area contributed by atoms with Gasteiger partial charge in [0.2, 0.25) is 0 Å². The predicted octanol–water partition coefficient (Wildman–Crippen LogP) is 2.82. The minimum atomic E-state index is 0.197. The number of nitrogens with two attached hydrogens (primary N) is 1. The summed E-state index contributed by atoms with van der Waals surface area (Å²) < 4.78 is 0. The molecule has 0 radical (unpaired) electrons. The highest BCUT2D eigenvalue weighted by molar-refractivity contribution is 4.96. The largest absolute Gasteiger partial charge is 0.305 e. The van der Waals surface area contributed by atoms with E-state index < -0.39 is 0 Å². The topological polar surface area (TPSA) is 35.2 Å². The van der Waals surface area contributed by atoms with E-state index in [9.17, 15) is 0 Å². The van der Waals surface area contributed by atoms with Gasteiger partial charge >= 0.3 is 0 Å². The van der Waals surface area contributed by atoms with Gasteiger partial charge in [-0.05, 0) is 31.6 Å². The highest BCUT2D eigenvalue weighted by Gasteiger charge is 2.18. The van der Waals surface area contributed by atoms with Crippen LogP contribution in [0.5, 0.6) is 0 Å². The molecule has 0 saturated carbocycles. The molecule has 0 fully saturated rings. The third-order valence-corrected chi connectivity index (χ3v) is 2.28. The lowest BCUT2D eigenvalue weighted by Crippen LogP contribution is -2.17. The van der Waals surface area contributed by atoms with Crippen molar-refractivity contribution in [3.63, 3.8) is 0 Å². The number of hydrogen-bond acceptors (Lipinski definition) is 2. The lowest BCUT2D eigenvalue weighted by molar-refractivity contribution is 0.111. The van der Waals surface area contributed by atoms with Gasteiger partial charge < -0.3 is 4.84 Å². The lowest BCUT2D eigenvalue weighted by atomic mass is 9.82. The van der Waals surface area contributed by atoms with Gasteiger partial charge in [-0.15, -0.1) is 6.58 Å². The van der Waals surface area contributed by atoms with E-state index in [1.54, 1.807) is 0 Å². The second kappa shape index (κ2) is 6.87. The maximum absolute atomic E-state index is 5.02. The summed E-state index contributed by atoms with van der Waals surface area (Å²) in [6, 6.07) is 0. The fourth-order valence-corrected chi connectivity index (χ4v) is 1.42. The van der Waals surface area contributed by atoms with Crippen LogP contribution in [0.1, 0.15) is 33.1 Å². The van der Waals surface area contributed by atoms with E-state index in [1.165, 1.54) is 0 Å². The van der Waals surface area contributed by atoms with Gasteiger partial charge in [0.1, 0.15) is 0 Å². The molecule has 0 aliphatic carbocycles. The van der Waals surface area contributed by atoms with Crippen molar-refractivity contribution in [1.82, 2.24) is 0 Å². The molecule has 13 heavy (non-hydrogen) atoms. The van der Waals surface area contributed by atoms with E-state index in [2.05, 4.69) is 30.5 Å². The highest BCUT2D eigenvalue weighted by atomic mass is 16.6. The van der Waals surface area contributed by atoms with Gasteiger partial charge in [-0.1, -0.05) is 25.2 Å². The second-order valence-corrected chi connectivity index (χ2v) is 3.60. The van der Waals surface area contributed by atoms with Gasteiger partial charge in [-0.2, -0.15) is 0 Å². The summed E-state index contributed by atoms with van der Waals surface area (Å²) in [4.78, 5) is 4.60. The Morgan fingerprint density at radius 2 is 2.15 bits per heavy atom. The van der Waals surface area contributed by atoms with E-state index >= 15 is 0 Å². The van der Waals surface area contributed by atoms with E-state index in [4.69, 9.17) is 5.90 Å². The van der Waals surface area contributed by atoms with Crippen molar-refractivity contribution < 1.29 is 4.84 Å². The standard InChI is InChI=1S/C11H21NO/c1-4-6-8-11(3,7-5-2)9-10-13-12/h4-5,7H,1,6,8-10,12H2,2-3H3/b7-5-. The molecule has 0 bridgehead atoms. The van der Waals surface area contributed by atoms with Crippen LogP contribution in [0.3, 0.4) is 0 Å². The van der Waals surface area contributed by atoms with Crippen LogP contribution < -0.4 is 5.90 Å². The van der Waals surface area contributed by atoms with Crippen molar-refractivity contribution in [2.24, 2.45) is 11.3 Å². The monoisotopic (exact) mass is 183 g/mol. The van der Waals surface area contributed by atoms with Crippen molar-refractivity contribution in [2.45, 2.75) is 33.1 Å². The van der Waals surface area contributed by atoms with Crippen LogP contribution in [0.4, 0.5) is 0 Å². The molecular weight excluding hydrogens is 162 g/mol. The third-order valence-electron chi connectivity index (χ3n) is 2.28. The number of allylic oxidation sites excluding steroid dienone is 3. The summed E-state index contributed by atoms with van der Waals surface area (Å²) in [6.45, 7) is 8.59. The Morgan fingerprint density at radius 1 is 1.46 bits per heavy atom. The molecule has 0 heterocycles. The molecule has 1 unspecified atom stereocenters. The van der Waals surface area contributed by atoms with E-state index in [0.717, 1.165) is 19.3 Å². The molecule has 0 aromatic rings. The first-order valence-electron chi connectivity index (χ1n) is 4.75. The second-order valence-electron chi connectivity index (χ2n) is 3.60. The van der Waals surface area contributed by atoms with Gasteiger partial charge in [0.25, 0.3) is 0 Å². The van der Waals surface area contributed by atoms with E-state index in [0.29, 0.717) is 6.61 Å². The van der Waals surface area contributed by atoms with Crippen LogP contribution in [-0.4, -0.2) is 6.61 Å². The van der Waals surface area contributed by atoms with Crippen LogP contribution in [0.2, 0.25) is 0 Å². The Bertz CT molecular complexity index is 165. The van der Waals surface area contributed by atoms with Gasteiger partial charge in [-0.25, -0.2) is 5.90 Å². The van der Waals surface area contributed by atoms with Crippen molar-refractivity contribution in [2.75, 3.05) is 6.61 Å². The smallest absolute Gasteiger partial charge is 0.0687 e. The van der Waals surface area contributed by atoms with Crippen LogP contribution in [-0.2, 0) is 4.84 Å². The van der Waals surface area contributed by atoms with Gasteiger partial charge in [-0.3, -0.25) is 0 Å².